The van der Waals surface area contributed by atoms with E-state index in [9.17, 15) is 18.0 Å². The van der Waals surface area contributed by atoms with E-state index in [1.165, 1.54) is 4.31 Å². The maximum atomic E-state index is 13.0. The van der Waals surface area contributed by atoms with Crippen molar-refractivity contribution in [3.8, 4) is 0 Å². The maximum Gasteiger partial charge on any atom is 0.251 e. The summed E-state index contributed by atoms with van der Waals surface area (Å²) in [5.41, 5.74) is 1.92. The summed E-state index contributed by atoms with van der Waals surface area (Å²) in [6, 6.07) is 7.34. The monoisotopic (exact) mass is 476 g/mol. The Bertz CT molecular complexity index is 1100. The Morgan fingerprint density at radius 1 is 1.06 bits per heavy atom. The Balaban J connectivity index is 1.57. The van der Waals surface area contributed by atoms with Crippen LogP contribution in [0.3, 0.4) is 0 Å². The molecule has 0 aliphatic carbocycles. The lowest BCUT2D eigenvalue weighted by Crippen LogP contribution is -2.42. The van der Waals surface area contributed by atoms with Gasteiger partial charge in [0.1, 0.15) is 10.6 Å². The van der Waals surface area contributed by atoms with E-state index in [2.05, 4.69) is 31.2 Å². The van der Waals surface area contributed by atoms with Gasteiger partial charge in [-0.1, -0.05) is 38.1 Å². The third kappa shape index (κ3) is 5.62. The molecule has 180 valence electrons. The van der Waals surface area contributed by atoms with E-state index in [-0.39, 0.29) is 47.5 Å². The fourth-order valence-corrected chi connectivity index (χ4v) is 5.61. The van der Waals surface area contributed by atoms with Crippen LogP contribution in [0, 0.1) is 13.8 Å². The molecule has 2 amide bonds. The van der Waals surface area contributed by atoms with Crippen LogP contribution in [-0.4, -0.2) is 67.3 Å². The number of aryl methyl sites for hydroxylation is 2. The van der Waals surface area contributed by atoms with Crippen molar-refractivity contribution in [3.05, 3.63) is 46.8 Å². The van der Waals surface area contributed by atoms with Gasteiger partial charge in [0, 0.05) is 31.7 Å². The standard InChI is InChI=1S/C23H32N4O5S/c1-16-21(17(2)32-25-16)33(30,31)27-12-6-11-26(13-14-27)20(28)15-24-22(29)18-7-9-19(10-8-18)23(3,4)5/h7-10H,6,11-15H2,1-5H3,(H,24,29). The van der Waals surface area contributed by atoms with Gasteiger partial charge < -0.3 is 14.7 Å². The Morgan fingerprint density at radius 2 is 1.73 bits per heavy atom. The molecule has 1 aliphatic heterocycles. The van der Waals surface area contributed by atoms with Crippen LogP contribution >= 0.6 is 0 Å². The summed E-state index contributed by atoms with van der Waals surface area (Å²) in [6.45, 7) is 10.4. The van der Waals surface area contributed by atoms with E-state index in [1.54, 1.807) is 30.9 Å². The van der Waals surface area contributed by atoms with Crippen LogP contribution in [0.5, 0.6) is 0 Å². The molecule has 1 N–H and O–H groups in total. The molecular formula is C23H32N4O5S. The van der Waals surface area contributed by atoms with Gasteiger partial charge in [0.2, 0.25) is 15.9 Å². The SMILES string of the molecule is Cc1noc(C)c1S(=O)(=O)N1CCCN(C(=O)CNC(=O)c2ccc(C(C)(C)C)cc2)CC1. The summed E-state index contributed by atoms with van der Waals surface area (Å²) in [5.74, 6) is -0.310. The molecule has 1 fully saturated rings. The maximum absolute atomic E-state index is 13.0. The Labute approximate surface area is 195 Å². The zero-order valence-corrected chi connectivity index (χ0v) is 20.7. The largest absolute Gasteiger partial charge is 0.360 e. The molecule has 10 heteroatoms. The number of amides is 2. The average molecular weight is 477 g/mol. The first-order chi connectivity index (χ1) is 15.4. The zero-order chi connectivity index (χ0) is 24.4. The smallest absolute Gasteiger partial charge is 0.251 e. The van der Waals surface area contributed by atoms with Crippen LogP contribution < -0.4 is 5.32 Å². The normalized spacial score (nSPS) is 15.8. The zero-order valence-electron chi connectivity index (χ0n) is 19.8. The van der Waals surface area contributed by atoms with Crippen LogP contribution in [0.1, 0.15) is 54.6 Å². The third-order valence-electron chi connectivity index (χ3n) is 5.79. The van der Waals surface area contributed by atoms with Crippen LogP contribution in [0.15, 0.2) is 33.7 Å². The number of carbonyl (C=O) groups excluding carboxylic acids is 2. The quantitative estimate of drug-likeness (QED) is 0.708. The molecule has 1 aliphatic rings. The Morgan fingerprint density at radius 3 is 2.30 bits per heavy atom. The van der Waals surface area contributed by atoms with Gasteiger partial charge in [-0.25, -0.2) is 8.42 Å². The molecular weight excluding hydrogens is 444 g/mol. The molecule has 2 heterocycles. The Hall–Kier alpha value is -2.72. The highest BCUT2D eigenvalue weighted by molar-refractivity contribution is 7.89. The molecule has 9 nitrogen and oxygen atoms in total. The highest BCUT2D eigenvalue weighted by atomic mass is 32.2. The number of aromatic nitrogens is 1. The molecule has 0 bridgehead atoms. The molecule has 0 unspecified atom stereocenters. The highest BCUT2D eigenvalue weighted by Gasteiger charge is 2.32. The predicted octanol–water partition coefficient (Wildman–Crippen LogP) is 2.24. The summed E-state index contributed by atoms with van der Waals surface area (Å²) >= 11 is 0. The number of nitrogens with zero attached hydrogens (tertiary/aromatic N) is 3. The summed E-state index contributed by atoms with van der Waals surface area (Å²) in [4.78, 5) is 26.8. The van der Waals surface area contributed by atoms with E-state index in [1.807, 2.05) is 12.1 Å². The van der Waals surface area contributed by atoms with Gasteiger partial charge in [-0.3, -0.25) is 9.59 Å². The first-order valence-electron chi connectivity index (χ1n) is 11.0. The molecule has 2 aromatic rings. The van der Waals surface area contributed by atoms with Crippen molar-refractivity contribution in [2.24, 2.45) is 0 Å². The molecule has 0 spiro atoms. The van der Waals surface area contributed by atoms with Gasteiger partial charge in [-0.2, -0.15) is 4.31 Å². The van der Waals surface area contributed by atoms with E-state index < -0.39 is 10.0 Å². The second-order valence-electron chi connectivity index (χ2n) is 9.30. The van der Waals surface area contributed by atoms with Crippen LogP contribution in [-0.2, 0) is 20.2 Å². The fourth-order valence-electron chi connectivity index (χ4n) is 3.85. The minimum Gasteiger partial charge on any atom is -0.360 e. The van der Waals surface area contributed by atoms with Gasteiger partial charge in [-0.05, 0) is 43.4 Å². The lowest BCUT2D eigenvalue weighted by atomic mass is 9.87. The summed E-state index contributed by atoms with van der Waals surface area (Å²) < 4.78 is 32.5. The number of nitrogens with one attached hydrogen (secondary N) is 1. The van der Waals surface area contributed by atoms with Gasteiger partial charge in [0.25, 0.3) is 5.91 Å². The van der Waals surface area contributed by atoms with Gasteiger partial charge in [-0.15, -0.1) is 0 Å². The fraction of sp³-hybridized carbons (Fsp3) is 0.522. The van der Waals surface area contributed by atoms with Crippen molar-refractivity contribution in [1.82, 2.24) is 19.7 Å². The van der Waals surface area contributed by atoms with E-state index in [0.717, 1.165) is 5.56 Å². The topological polar surface area (TPSA) is 113 Å². The predicted molar refractivity (Wildman–Crippen MR) is 123 cm³/mol. The minimum absolute atomic E-state index is 0.00930. The van der Waals surface area contributed by atoms with Crippen molar-refractivity contribution in [1.29, 1.82) is 0 Å². The Kier molecular flexibility index (Phi) is 7.28. The van der Waals surface area contributed by atoms with E-state index in [4.69, 9.17) is 4.52 Å². The number of benzene rings is 1. The van der Waals surface area contributed by atoms with E-state index >= 15 is 0 Å². The van der Waals surface area contributed by atoms with Crippen LogP contribution in [0.2, 0.25) is 0 Å². The van der Waals surface area contributed by atoms with Crippen molar-refractivity contribution in [2.75, 3.05) is 32.7 Å². The third-order valence-corrected chi connectivity index (χ3v) is 7.93. The van der Waals surface area contributed by atoms with E-state index in [0.29, 0.717) is 30.8 Å². The minimum atomic E-state index is -3.76. The lowest BCUT2D eigenvalue weighted by molar-refractivity contribution is -0.129. The number of rotatable bonds is 5. The van der Waals surface area contributed by atoms with Gasteiger partial charge >= 0.3 is 0 Å². The van der Waals surface area contributed by atoms with Crippen molar-refractivity contribution < 1.29 is 22.5 Å². The number of hydrogen-bond donors (Lipinski definition) is 1. The summed E-state index contributed by atoms with van der Waals surface area (Å²) in [5, 5.41) is 6.41. The van der Waals surface area contributed by atoms with Crippen LogP contribution in [0.25, 0.3) is 0 Å². The molecule has 0 atom stereocenters. The molecule has 0 radical (unpaired) electrons. The molecule has 0 saturated carbocycles. The number of hydrogen-bond acceptors (Lipinski definition) is 6. The first-order valence-corrected chi connectivity index (χ1v) is 12.4. The highest BCUT2D eigenvalue weighted by Crippen LogP contribution is 2.24. The number of sulfonamides is 1. The summed E-state index contributed by atoms with van der Waals surface area (Å²) in [6.07, 6.45) is 0.497. The number of carbonyl (C=O) groups is 2. The van der Waals surface area contributed by atoms with Crippen LogP contribution in [0.4, 0.5) is 0 Å². The van der Waals surface area contributed by atoms with Gasteiger partial charge in [0.15, 0.2) is 5.76 Å². The van der Waals surface area contributed by atoms with Crippen molar-refractivity contribution in [2.45, 2.75) is 51.3 Å². The van der Waals surface area contributed by atoms with Crippen molar-refractivity contribution >= 4 is 21.8 Å². The lowest BCUT2D eigenvalue weighted by Gasteiger charge is -2.22. The van der Waals surface area contributed by atoms with Crippen molar-refractivity contribution in [3.63, 3.8) is 0 Å². The average Bonchev–Trinajstić information content (AvgIpc) is 2.95. The molecule has 1 aromatic heterocycles. The molecule has 3 rings (SSSR count). The second kappa shape index (κ2) is 9.64. The summed E-state index contributed by atoms with van der Waals surface area (Å²) in [7, 11) is -3.76. The second-order valence-corrected chi connectivity index (χ2v) is 11.2. The molecule has 1 saturated heterocycles. The first kappa shape index (κ1) is 24.9. The molecule has 1 aromatic carbocycles. The van der Waals surface area contributed by atoms with Gasteiger partial charge in [0.05, 0.1) is 6.54 Å². The molecule has 33 heavy (non-hydrogen) atoms.